The van der Waals surface area contributed by atoms with Gasteiger partial charge in [-0.15, -0.1) is 0 Å². The van der Waals surface area contributed by atoms with Crippen molar-refractivity contribution in [1.82, 2.24) is 41.0 Å². The second kappa shape index (κ2) is 35.5. The molecule has 1 atom stereocenters. The summed E-state index contributed by atoms with van der Waals surface area (Å²) in [6.07, 6.45) is 25.1. The van der Waals surface area contributed by atoms with Crippen molar-refractivity contribution in [2.24, 2.45) is 32.9 Å². The van der Waals surface area contributed by atoms with Crippen LogP contribution < -0.4 is 54.9 Å². The number of amides is 2. The molecule has 16 nitrogen and oxygen atoms in total. The molecule has 432 valence electrons. The minimum atomic E-state index is -0.151. The van der Waals surface area contributed by atoms with Crippen molar-refractivity contribution in [3.63, 3.8) is 0 Å². The third kappa shape index (κ3) is 20.3. The van der Waals surface area contributed by atoms with E-state index in [0.717, 1.165) is 239 Å². The Morgan fingerprint density at radius 1 is 0.590 bits per heavy atom. The van der Waals surface area contributed by atoms with Crippen LogP contribution in [0.15, 0.2) is 57.2 Å². The lowest BCUT2D eigenvalue weighted by atomic mass is 9.94. The van der Waals surface area contributed by atoms with Gasteiger partial charge in [0.2, 0.25) is 11.8 Å². The molecule has 3 aliphatic heterocycles. The maximum atomic E-state index is 13.6. The van der Waals surface area contributed by atoms with Gasteiger partial charge < -0.3 is 64.0 Å². The average molecular weight is 1080 g/mol. The number of aromatic nitrogens is 2. The second-order valence-electron chi connectivity index (χ2n) is 21.6. The molecule has 0 aliphatic carbocycles. The van der Waals surface area contributed by atoms with Crippen molar-refractivity contribution in [1.29, 1.82) is 0 Å². The van der Waals surface area contributed by atoms with Gasteiger partial charge >= 0.3 is 0 Å². The zero-order chi connectivity index (χ0) is 56.1. The molecule has 0 fully saturated rings. The summed E-state index contributed by atoms with van der Waals surface area (Å²) < 4.78 is 0. The standard InChI is InChI=1S/C62H102N14O2/c1-7-49-45(3)53-41-54-47(5)51(21-23-61(77)69-33-11-15-37-75(39-19-27-65)35-13-9-29-67-31-17-25-63)59(73-54)44-60-52(48(6)56(74-60)43-58-50(8-2)46(4)55(72-58)42-57(49)71-53)22-24-62(78)70-34-12-16-38-76(40-20-28-66)36-14-10-30-68-32-18-26-64/h7-8,41-42,44,56,67-68,71-72H,1-2,9-40,43,63-66H2,3-6H3,(H,69,77)(H,70,78)/b53-41-,57-42-,59-44-. The first kappa shape index (κ1) is 63.8. The fourth-order valence-corrected chi connectivity index (χ4v) is 10.9. The van der Waals surface area contributed by atoms with Gasteiger partial charge in [-0.1, -0.05) is 25.3 Å². The number of fused-ring (bicyclic) bond motifs is 6. The van der Waals surface area contributed by atoms with Gasteiger partial charge in [-0.05, 0) is 266 Å². The number of unbranched alkanes of at least 4 members (excludes halogenated alkanes) is 4. The second-order valence-corrected chi connectivity index (χ2v) is 21.6. The molecular formula is C62H102N14O2. The van der Waals surface area contributed by atoms with Gasteiger partial charge in [0.1, 0.15) is 0 Å². The summed E-state index contributed by atoms with van der Waals surface area (Å²) in [5, 5.41) is 15.3. The number of H-pyrrole nitrogens is 2. The van der Waals surface area contributed by atoms with Crippen molar-refractivity contribution in [2.45, 2.75) is 143 Å². The zero-order valence-electron chi connectivity index (χ0n) is 48.6. The third-order valence-corrected chi connectivity index (χ3v) is 15.7. The minimum absolute atomic E-state index is 0.0322. The van der Waals surface area contributed by atoms with Crippen molar-refractivity contribution in [3.05, 3.63) is 91.6 Å². The van der Waals surface area contributed by atoms with Crippen LogP contribution in [0, 0.1) is 13.8 Å². The van der Waals surface area contributed by atoms with E-state index in [9.17, 15) is 9.59 Å². The van der Waals surface area contributed by atoms with E-state index in [4.69, 9.17) is 32.9 Å². The predicted octanol–water partition coefficient (Wildman–Crippen LogP) is 5.30. The summed E-state index contributed by atoms with van der Waals surface area (Å²) in [5.74, 6) is 0.0738. The first-order valence-electron chi connectivity index (χ1n) is 29.8. The van der Waals surface area contributed by atoms with E-state index in [0.29, 0.717) is 58.3 Å². The van der Waals surface area contributed by atoms with E-state index >= 15 is 0 Å². The number of carbonyl (C=O) groups is 2. The Kier molecular flexibility index (Phi) is 29.1. The molecule has 16 heteroatoms. The SMILES string of the molecule is C=Cc1c2[nH]c(c1C)/C=c1\[nH]/c(c(C)c1C=C)=C\C1=NC(=C\C3=NC(C2)C(C)=C3CCC(=O)NCCCCN(CCCN)CCCCNCCCN)/C(CCC(=O)NCCCCN(CCCN)CCCCNCCCN)=C1C. The van der Waals surface area contributed by atoms with Gasteiger partial charge in [-0.3, -0.25) is 14.6 Å². The van der Waals surface area contributed by atoms with E-state index < -0.39 is 0 Å². The number of allylic oxidation sites excluding steroid dienone is 4. The van der Waals surface area contributed by atoms with Crippen molar-refractivity contribution in [2.75, 3.05) is 105 Å². The Hall–Kier alpha value is -5.04. The number of rotatable bonds is 40. The van der Waals surface area contributed by atoms with Gasteiger partial charge in [0.05, 0.1) is 23.2 Å². The number of carbonyl (C=O) groups excluding carboxylic acids is 2. The molecule has 0 saturated carbocycles. The monoisotopic (exact) mass is 1070 g/mol. The lowest BCUT2D eigenvalue weighted by Gasteiger charge is -2.22. The van der Waals surface area contributed by atoms with Gasteiger partial charge in [0.15, 0.2) is 0 Å². The Labute approximate surface area is 468 Å². The van der Waals surface area contributed by atoms with Crippen LogP contribution in [0.1, 0.15) is 150 Å². The summed E-state index contributed by atoms with van der Waals surface area (Å²) in [6, 6.07) is -0.151. The van der Waals surface area contributed by atoms with E-state index in [1.807, 2.05) is 12.2 Å². The lowest BCUT2D eigenvalue weighted by Crippen LogP contribution is -2.30. The number of nitrogens with two attached hydrogens (primary N) is 4. The quantitative estimate of drug-likeness (QED) is 0.0386. The molecule has 2 amide bonds. The summed E-state index contributed by atoms with van der Waals surface area (Å²) in [7, 11) is 0. The highest BCUT2D eigenvalue weighted by atomic mass is 16.2. The first-order valence-corrected chi connectivity index (χ1v) is 29.8. The highest BCUT2D eigenvalue weighted by molar-refractivity contribution is 6.24. The van der Waals surface area contributed by atoms with Crippen molar-refractivity contribution < 1.29 is 9.59 Å². The average Bonchev–Trinajstić information content (AvgIpc) is 4.12. The fourth-order valence-electron chi connectivity index (χ4n) is 10.9. The van der Waals surface area contributed by atoms with Crippen LogP contribution in [0.2, 0.25) is 0 Å². The van der Waals surface area contributed by atoms with E-state index in [1.165, 1.54) is 0 Å². The zero-order valence-corrected chi connectivity index (χ0v) is 48.6. The maximum Gasteiger partial charge on any atom is 0.220 e. The summed E-state index contributed by atoms with van der Waals surface area (Å²) in [5.41, 5.74) is 36.2. The van der Waals surface area contributed by atoms with Crippen LogP contribution in [0.4, 0.5) is 0 Å². The number of nitrogens with zero attached hydrogens (tertiary/aromatic N) is 4. The van der Waals surface area contributed by atoms with Crippen LogP contribution in [-0.2, 0) is 16.0 Å². The van der Waals surface area contributed by atoms with Crippen LogP contribution in [-0.4, -0.2) is 154 Å². The number of nitrogens with one attached hydrogen (secondary N) is 6. The largest absolute Gasteiger partial charge is 0.358 e. The number of aliphatic imine (C=N–C) groups is 2. The minimum Gasteiger partial charge on any atom is -0.358 e. The molecule has 0 radical (unpaired) electrons. The van der Waals surface area contributed by atoms with E-state index in [1.54, 1.807) is 0 Å². The number of aromatic amines is 2. The Bertz CT molecular complexity index is 2520. The number of hydrogen-bond donors (Lipinski definition) is 10. The topological polar surface area (TPSA) is 249 Å². The molecule has 0 aromatic carbocycles. The molecule has 2 aromatic heterocycles. The molecule has 0 saturated heterocycles. The van der Waals surface area contributed by atoms with Gasteiger partial charge in [0, 0.05) is 60.0 Å². The van der Waals surface area contributed by atoms with E-state index in [-0.39, 0.29) is 17.9 Å². The van der Waals surface area contributed by atoms with E-state index in [2.05, 4.69) is 100 Å². The molecule has 2 aromatic rings. The lowest BCUT2D eigenvalue weighted by molar-refractivity contribution is -0.121. The van der Waals surface area contributed by atoms with Crippen LogP contribution >= 0.6 is 0 Å². The van der Waals surface area contributed by atoms with Gasteiger partial charge in [-0.25, -0.2) is 4.99 Å². The molecule has 3 aliphatic rings. The molecule has 5 heterocycles. The number of hydrogen-bond acceptors (Lipinski definition) is 12. The van der Waals surface area contributed by atoms with Crippen LogP contribution in [0.3, 0.4) is 0 Å². The first-order chi connectivity index (χ1) is 38.0. The van der Waals surface area contributed by atoms with Crippen molar-refractivity contribution in [3.8, 4) is 0 Å². The third-order valence-electron chi connectivity index (χ3n) is 15.7. The molecule has 0 spiro atoms. The molecule has 5 rings (SSSR count). The summed E-state index contributed by atoms with van der Waals surface area (Å²) in [4.78, 5) is 50.5. The molecule has 14 N–H and O–H groups in total. The van der Waals surface area contributed by atoms with Gasteiger partial charge in [0.25, 0.3) is 0 Å². The fraction of sp³-hybridized carbons (Fsp3) is 0.613. The van der Waals surface area contributed by atoms with Gasteiger partial charge in [-0.2, -0.15) is 0 Å². The van der Waals surface area contributed by atoms with Crippen LogP contribution in [0.5, 0.6) is 0 Å². The smallest absolute Gasteiger partial charge is 0.220 e. The molecule has 78 heavy (non-hydrogen) atoms. The normalized spacial score (nSPS) is 16.7. The van der Waals surface area contributed by atoms with Crippen LogP contribution in [0.25, 0.3) is 24.3 Å². The van der Waals surface area contributed by atoms with Crippen molar-refractivity contribution >= 4 is 47.5 Å². The highest BCUT2D eigenvalue weighted by Crippen LogP contribution is 2.35. The molecular weight excluding hydrogens is 973 g/mol. The Morgan fingerprint density at radius 2 is 1.09 bits per heavy atom. The molecule has 1 unspecified atom stereocenters. The predicted molar refractivity (Wildman–Crippen MR) is 329 cm³/mol. The maximum absolute atomic E-state index is 13.6. The summed E-state index contributed by atoms with van der Waals surface area (Å²) in [6.45, 7) is 31.2. The summed E-state index contributed by atoms with van der Waals surface area (Å²) >= 11 is 0. The Morgan fingerprint density at radius 3 is 1.62 bits per heavy atom. The molecule has 8 bridgehead atoms. The highest BCUT2D eigenvalue weighted by Gasteiger charge is 2.29. The Balaban J connectivity index is 1.29.